The fraction of sp³-hybridized carbons (Fsp3) is 0.588. The second-order valence-corrected chi connectivity index (χ2v) is 7.96. The van der Waals surface area contributed by atoms with E-state index in [1.807, 2.05) is 0 Å². The van der Waals surface area contributed by atoms with Crippen LogP contribution >= 0.6 is 11.3 Å². The third-order valence-corrected chi connectivity index (χ3v) is 4.75. The van der Waals surface area contributed by atoms with Gasteiger partial charge in [0.15, 0.2) is 6.10 Å². The van der Waals surface area contributed by atoms with Crippen LogP contribution in [0.4, 0.5) is 4.79 Å². The van der Waals surface area contributed by atoms with E-state index >= 15 is 0 Å². The number of rotatable bonds is 3. The molecule has 0 bridgehead atoms. The van der Waals surface area contributed by atoms with Crippen molar-refractivity contribution < 1.29 is 19.1 Å². The van der Waals surface area contributed by atoms with Crippen molar-refractivity contribution >= 4 is 29.2 Å². The van der Waals surface area contributed by atoms with Crippen molar-refractivity contribution in [2.45, 2.75) is 65.0 Å². The van der Waals surface area contributed by atoms with E-state index < -0.39 is 29.6 Å². The number of hydrogen-bond donors (Lipinski definition) is 2. The van der Waals surface area contributed by atoms with E-state index in [9.17, 15) is 14.4 Å². The quantitative estimate of drug-likeness (QED) is 0.819. The number of amides is 3. The van der Waals surface area contributed by atoms with Gasteiger partial charge in [-0.2, -0.15) is 0 Å². The van der Waals surface area contributed by atoms with Gasteiger partial charge in [-0.05, 0) is 58.9 Å². The molecule has 0 spiro atoms. The summed E-state index contributed by atoms with van der Waals surface area (Å²) in [6.45, 7) is 6.87. The number of hydrogen-bond acceptors (Lipinski definition) is 5. The molecule has 0 aliphatic heterocycles. The van der Waals surface area contributed by atoms with Crippen LogP contribution in [-0.2, 0) is 22.4 Å². The summed E-state index contributed by atoms with van der Waals surface area (Å²) in [5.74, 6) is -1.15. The molecule has 0 aromatic carbocycles. The van der Waals surface area contributed by atoms with E-state index in [1.54, 1.807) is 37.5 Å². The molecule has 1 aliphatic rings. The zero-order chi connectivity index (χ0) is 17.9. The van der Waals surface area contributed by atoms with Gasteiger partial charge < -0.3 is 10.1 Å². The molecule has 0 unspecified atom stereocenters. The lowest BCUT2D eigenvalue weighted by Crippen LogP contribution is -2.50. The van der Waals surface area contributed by atoms with E-state index in [1.165, 1.54) is 11.8 Å². The number of nitrogens with one attached hydrogen (secondary N) is 2. The summed E-state index contributed by atoms with van der Waals surface area (Å²) in [6.07, 6.45) is 3.03. The van der Waals surface area contributed by atoms with Gasteiger partial charge in [0.2, 0.25) is 0 Å². The first kappa shape index (κ1) is 18.4. The van der Waals surface area contributed by atoms with Gasteiger partial charge >= 0.3 is 12.0 Å². The highest BCUT2D eigenvalue weighted by Gasteiger charge is 2.26. The van der Waals surface area contributed by atoms with Crippen LogP contribution in [0.2, 0.25) is 0 Å². The van der Waals surface area contributed by atoms with Crippen molar-refractivity contribution in [3.05, 3.63) is 21.4 Å². The average Bonchev–Trinajstić information content (AvgIpc) is 2.88. The molecule has 7 heteroatoms. The van der Waals surface area contributed by atoms with Crippen LogP contribution in [0, 0.1) is 0 Å². The number of fused-ring (bicyclic) bond motifs is 1. The molecule has 1 aromatic rings. The first-order valence-electron chi connectivity index (χ1n) is 8.10. The van der Waals surface area contributed by atoms with Crippen molar-refractivity contribution in [1.82, 2.24) is 10.6 Å². The van der Waals surface area contributed by atoms with Crippen LogP contribution < -0.4 is 10.6 Å². The van der Waals surface area contributed by atoms with Crippen LogP contribution in [0.3, 0.4) is 0 Å². The Bertz CT molecular complexity index is 646. The molecule has 0 radical (unpaired) electrons. The molecular formula is C17H24N2O4S. The van der Waals surface area contributed by atoms with Gasteiger partial charge in [0.25, 0.3) is 5.91 Å². The van der Waals surface area contributed by atoms with Crippen LogP contribution in [0.15, 0.2) is 5.38 Å². The standard InChI is InChI=1S/C17H24N2O4S/c1-10(14(20)18-16(22)19-17(2,3)4)23-15(21)12-9-24-13-8-6-5-7-11(12)13/h9-10H,5-8H2,1-4H3,(H2,18,19,20,22)/t10-/m0/s1. The molecule has 2 N–H and O–H groups in total. The number of urea groups is 1. The number of carbonyl (C=O) groups is 3. The normalized spacial score (nSPS) is 15.2. The zero-order valence-electron chi connectivity index (χ0n) is 14.5. The Morgan fingerprint density at radius 1 is 1.21 bits per heavy atom. The van der Waals surface area contributed by atoms with Gasteiger partial charge in [0.05, 0.1) is 5.56 Å². The fourth-order valence-corrected chi connectivity index (χ4v) is 3.64. The molecule has 1 aromatic heterocycles. The Hall–Kier alpha value is -1.89. The minimum absolute atomic E-state index is 0.458. The Labute approximate surface area is 146 Å². The Balaban J connectivity index is 1.93. The summed E-state index contributed by atoms with van der Waals surface area (Å²) in [6, 6.07) is -0.608. The maximum atomic E-state index is 12.3. The van der Waals surface area contributed by atoms with Crippen molar-refractivity contribution in [2.24, 2.45) is 0 Å². The minimum Gasteiger partial charge on any atom is -0.449 e. The molecule has 3 amide bonds. The molecule has 6 nitrogen and oxygen atoms in total. The summed E-state index contributed by atoms with van der Waals surface area (Å²) < 4.78 is 5.23. The van der Waals surface area contributed by atoms with Crippen molar-refractivity contribution in [2.75, 3.05) is 0 Å². The number of ether oxygens (including phenoxy) is 1. The Morgan fingerprint density at radius 3 is 2.54 bits per heavy atom. The number of thiophene rings is 1. The Kier molecular flexibility index (Phi) is 5.64. The summed E-state index contributed by atoms with van der Waals surface area (Å²) in [7, 11) is 0. The molecule has 0 fully saturated rings. The summed E-state index contributed by atoms with van der Waals surface area (Å²) in [4.78, 5) is 37.2. The SMILES string of the molecule is C[C@H](OC(=O)c1csc2c1CCCC2)C(=O)NC(=O)NC(C)(C)C. The molecule has 0 saturated heterocycles. The lowest BCUT2D eigenvalue weighted by Gasteiger charge is -2.21. The molecular weight excluding hydrogens is 328 g/mol. The van der Waals surface area contributed by atoms with E-state index in [-0.39, 0.29) is 0 Å². The molecule has 1 aliphatic carbocycles. The second kappa shape index (κ2) is 7.34. The van der Waals surface area contributed by atoms with E-state index in [4.69, 9.17) is 4.74 Å². The largest absolute Gasteiger partial charge is 0.449 e. The zero-order valence-corrected chi connectivity index (χ0v) is 15.3. The van der Waals surface area contributed by atoms with Crippen molar-refractivity contribution in [1.29, 1.82) is 0 Å². The van der Waals surface area contributed by atoms with Gasteiger partial charge in [-0.25, -0.2) is 9.59 Å². The maximum Gasteiger partial charge on any atom is 0.340 e. The molecule has 1 heterocycles. The number of imide groups is 1. The van der Waals surface area contributed by atoms with E-state index in [2.05, 4.69) is 10.6 Å². The van der Waals surface area contributed by atoms with Crippen LogP contribution in [-0.4, -0.2) is 29.6 Å². The summed E-state index contributed by atoms with van der Waals surface area (Å²) >= 11 is 1.57. The highest BCUT2D eigenvalue weighted by atomic mass is 32.1. The van der Waals surface area contributed by atoms with Gasteiger partial charge in [0.1, 0.15) is 0 Å². The average molecular weight is 352 g/mol. The lowest BCUT2D eigenvalue weighted by atomic mass is 9.96. The molecule has 24 heavy (non-hydrogen) atoms. The Morgan fingerprint density at radius 2 is 1.88 bits per heavy atom. The number of esters is 1. The molecule has 132 valence electrons. The van der Waals surface area contributed by atoms with Crippen LogP contribution in [0.1, 0.15) is 61.3 Å². The van der Waals surface area contributed by atoms with Crippen molar-refractivity contribution in [3.8, 4) is 0 Å². The second-order valence-electron chi connectivity index (χ2n) is 7.00. The smallest absolute Gasteiger partial charge is 0.340 e. The van der Waals surface area contributed by atoms with Crippen molar-refractivity contribution in [3.63, 3.8) is 0 Å². The molecule has 1 atom stereocenters. The lowest BCUT2D eigenvalue weighted by molar-refractivity contribution is -0.127. The number of carbonyl (C=O) groups excluding carboxylic acids is 3. The van der Waals surface area contributed by atoms with Gasteiger partial charge in [-0.3, -0.25) is 10.1 Å². The monoisotopic (exact) mass is 352 g/mol. The topological polar surface area (TPSA) is 84.5 Å². The first-order valence-corrected chi connectivity index (χ1v) is 8.98. The van der Waals surface area contributed by atoms with Crippen LogP contribution in [0.5, 0.6) is 0 Å². The third kappa shape index (κ3) is 4.80. The highest BCUT2D eigenvalue weighted by molar-refractivity contribution is 7.10. The number of aryl methyl sites for hydroxylation is 1. The highest BCUT2D eigenvalue weighted by Crippen LogP contribution is 2.30. The first-order chi connectivity index (χ1) is 11.2. The molecule has 2 rings (SSSR count). The predicted octanol–water partition coefficient (Wildman–Crippen LogP) is 2.80. The van der Waals surface area contributed by atoms with Gasteiger partial charge in [-0.1, -0.05) is 0 Å². The third-order valence-electron chi connectivity index (χ3n) is 3.66. The summed E-state index contributed by atoms with van der Waals surface area (Å²) in [5, 5.41) is 6.60. The predicted molar refractivity (Wildman–Crippen MR) is 92.3 cm³/mol. The van der Waals surface area contributed by atoms with Crippen LogP contribution in [0.25, 0.3) is 0 Å². The minimum atomic E-state index is -1.04. The van der Waals surface area contributed by atoms with E-state index in [0.717, 1.165) is 31.2 Å². The maximum absolute atomic E-state index is 12.3. The van der Waals surface area contributed by atoms with E-state index in [0.29, 0.717) is 5.56 Å². The van der Waals surface area contributed by atoms with Gasteiger partial charge in [-0.15, -0.1) is 11.3 Å². The summed E-state index contributed by atoms with van der Waals surface area (Å²) in [5.41, 5.74) is 1.14. The molecule has 0 saturated carbocycles. The van der Waals surface area contributed by atoms with Gasteiger partial charge in [0, 0.05) is 15.8 Å². The fourth-order valence-electron chi connectivity index (χ4n) is 2.53.